The van der Waals surface area contributed by atoms with Gasteiger partial charge in [0, 0.05) is 26.1 Å². The quantitative estimate of drug-likeness (QED) is 0.795. The first-order valence-corrected chi connectivity index (χ1v) is 9.82. The van der Waals surface area contributed by atoms with Crippen LogP contribution in [0.2, 0.25) is 0 Å². The third-order valence-corrected chi connectivity index (χ3v) is 5.80. The summed E-state index contributed by atoms with van der Waals surface area (Å²) >= 11 is 0. The molecule has 0 saturated heterocycles. The van der Waals surface area contributed by atoms with E-state index >= 15 is 0 Å². The standard InChI is InChI=1S/C21H30N2O4/c1-15(24)23(18-7-5-4-6-8-18)14-21(25)22-10-9-16-11-19(26-2)20(27-3)12-17(16)13-22/h11-12,18H,4-10,13-14H2,1-3H3. The first kappa shape index (κ1) is 19.5. The van der Waals surface area contributed by atoms with Crippen LogP contribution >= 0.6 is 0 Å². The van der Waals surface area contributed by atoms with Gasteiger partial charge >= 0.3 is 0 Å². The van der Waals surface area contributed by atoms with Crippen molar-refractivity contribution in [2.75, 3.05) is 27.3 Å². The molecule has 1 aliphatic heterocycles. The van der Waals surface area contributed by atoms with Crippen LogP contribution < -0.4 is 9.47 Å². The summed E-state index contributed by atoms with van der Waals surface area (Å²) in [6.45, 7) is 2.97. The van der Waals surface area contributed by atoms with Crippen LogP contribution in [0, 0.1) is 0 Å². The van der Waals surface area contributed by atoms with Crippen LogP contribution in [-0.4, -0.2) is 55.0 Å². The van der Waals surface area contributed by atoms with Gasteiger partial charge in [-0.25, -0.2) is 0 Å². The largest absolute Gasteiger partial charge is 0.493 e. The Morgan fingerprint density at radius 1 is 1.07 bits per heavy atom. The zero-order chi connectivity index (χ0) is 19.4. The number of carbonyl (C=O) groups is 2. The Balaban J connectivity index is 1.70. The molecule has 1 saturated carbocycles. The summed E-state index contributed by atoms with van der Waals surface area (Å²) in [6.07, 6.45) is 6.30. The average Bonchev–Trinajstić information content (AvgIpc) is 2.70. The first-order valence-electron chi connectivity index (χ1n) is 9.82. The first-order chi connectivity index (χ1) is 13.0. The highest BCUT2D eigenvalue weighted by Crippen LogP contribution is 2.33. The molecular formula is C21H30N2O4. The Labute approximate surface area is 161 Å². The molecule has 1 fully saturated rings. The van der Waals surface area contributed by atoms with E-state index in [-0.39, 0.29) is 24.4 Å². The summed E-state index contributed by atoms with van der Waals surface area (Å²) in [6, 6.07) is 4.17. The summed E-state index contributed by atoms with van der Waals surface area (Å²) in [5.41, 5.74) is 2.27. The SMILES string of the molecule is COc1cc2c(cc1OC)CN(C(=O)CN(C(C)=O)C1CCCCC1)CC2. The molecule has 0 atom stereocenters. The van der Waals surface area contributed by atoms with Gasteiger partial charge in [0.25, 0.3) is 0 Å². The molecule has 6 heteroatoms. The second-order valence-corrected chi connectivity index (χ2v) is 7.48. The summed E-state index contributed by atoms with van der Waals surface area (Å²) < 4.78 is 10.8. The van der Waals surface area contributed by atoms with Crippen molar-refractivity contribution in [2.45, 2.75) is 58.0 Å². The molecule has 0 N–H and O–H groups in total. The fourth-order valence-corrected chi connectivity index (χ4v) is 4.23. The lowest BCUT2D eigenvalue weighted by Gasteiger charge is -2.36. The monoisotopic (exact) mass is 374 g/mol. The summed E-state index contributed by atoms with van der Waals surface area (Å²) in [5, 5.41) is 0. The van der Waals surface area contributed by atoms with Crippen molar-refractivity contribution in [3.05, 3.63) is 23.3 Å². The lowest BCUT2D eigenvalue weighted by atomic mass is 9.94. The lowest BCUT2D eigenvalue weighted by molar-refractivity contribution is -0.142. The Morgan fingerprint density at radius 2 is 1.70 bits per heavy atom. The highest BCUT2D eigenvalue weighted by molar-refractivity contribution is 5.84. The number of nitrogens with zero attached hydrogens (tertiary/aromatic N) is 2. The molecule has 0 aromatic heterocycles. The van der Waals surface area contributed by atoms with Gasteiger partial charge in [0.1, 0.15) is 6.54 Å². The maximum absolute atomic E-state index is 12.9. The second kappa shape index (κ2) is 8.63. The Hall–Kier alpha value is -2.24. The van der Waals surface area contributed by atoms with Gasteiger partial charge in [-0.1, -0.05) is 19.3 Å². The third kappa shape index (κ3) is 4.37. The molecular weight excluding hydrogens is 344 g/mol. The molecule has 0 radical (unpaired) electrons. The molecule has 1 aliphatic carbocycles. The van der Waals surface area contributed by atoms with Gasteiger partial charge in [-0.05, 0) is 42.5 Å². The van der Waals surface area contributed by atoms with Gasteiger partial charge in [0.15, 0.2) is 11.5 Å². The minimum absolute atomic E-state index is 0.000866. The van der Waals surface area contributed by atoms with E-state index in [2.05, 4.69) is 0 Å². The molecule has 2 aliphatic rings. The summed E-state index contributed by atoms with van der Waals surface area (Å²) in [5.74, 6) is 1.42. The Bertz CT molecular complexity index is 698. The van der Waals surface area contributed by atoms with Crippen LogP contribution in [0.5, 0.6) is 11.5 Å². The predicted molar refractivity (Wildman–Crippen MR) is 103 cm³/mol. The number of ether oxygens (including phenoxy) is 2. The molecule has 1 aromatic rings. The minimum atomic E-state index is -0.000866. The van der Waals surface area contributed by atoms with E-state index in [9.17, 15) is 9.59 Å². The number of amides is 2. The number of hydrogen-bond donors (Lipinski definition) is 0. The van der Waals surface area contributed by atoms with Crippen LogP contribution in [0.3, 0.4) is 0 Å². The van der Waals surface area contributed by atoms with Crippen LogP contribution in [0.4, 0.5) is 0 Å². The molecule has 3 rings (SSSR count). The van der Waals surface area contributed by atoms with Gasteiger partial charge in [-0.3, -0.25) is 9.59 Å². The average molecular weight is 374 g/mol. The van der Waals surface area contributed by atoms with Crippen LogP contribution in [0.25, 0.3) is 0 Å². The highest BCUT2D eigenvalue weighted by Gasteiger charge is 2.29. The minimum Gasteiger partial charge on any atom is -0.493 e. The molecule has 0 bridgehead atoms. The van der Waals surface area contributed by atoms with E-state index in [0.717, 1.165) is 43.4 Å². The Morgan fingerprint density at radius 3 is 2.30 bits per heavy atom. The molecule has 2 amide bonds. The van der Waals surface area contributed by atoms with Gasteiger partial charge in [0.2, 0.25) is 11.8 Å². The van der Waals surface area contributed by atoms with Crippen molar-refractivity contribution < 1.29 is 19.1 Å². The highest BCUT2D eigenvalue weighted by atomic mass is 16.5. The van der Waals surface area contributed by atoms with Crippen molar-refractivity contribution in [2.24, 2.45) is 0 Å². The number of methoxy groups -OCH3 is 2. The van der Waals surface area contributed by atoms with E-state index < -0.39 is 0 Å². The maximum atomic E-state index is 12.9. The van der Waals surface area contributed by atoms with Crippen LogP contribution in [0.15, 0.2) is 12.1 Å². The van der Waals surface area contributed by atoms with Gasteiger partial charge in [0.05, 0.1) is 14.2 Å². The molecule has 1 heterocycles. The van der Waals surface area contributed by atoms with Crippen LogP contribution in [-0.2, 0) is 22.6 Å². The van der Waals surface area contributed by atoms with Gasteiger partial charge < -0.3 is 19.3 Å². The molecule has 0 unspecified atom stereocenters. The zero-order valence-corrected chi connectivity index (χ0v) is 16.6. The van der Waals surface area contributed by atoms with Crippen molar-refractivity contribution >= 4 is 11.8 Å². The van der Waals surface area contributed by atoms with E-state index in [4.69, 9.17) is 9.47 Å². The van der Waals surface area contributed by atoms with Gasteiger partial charge in [-0.15, -0.1) is 0 Å². The third-order valence-electron chi connectivity index (χ3n) is 5.80. The normalized spacial score (nSPS) is 17.2. The topological polar surface area (TPSA) is 59.1 Å². The predicted octanol–water partition coefficient (Wildman–Crippen LogP) is 2.77. The van der Waals surface area contributed by atoms with Crippen molar-refractivity contribution in [3.63, 3.8) is 0 Å². The fourth-order valence-electron chi connectivity index (χ4n) is 4.23. The Kier molecular flexibility index (Phi) is 6.24. The van der Waals surface area contributed by atoms with E-state index in [1.165, 1.54) is 12.0 Å². The number of carbonyl (C=O) groups excluding carboxylic acids is 2. The molecule has 0 spiro atoms. The smallest absolute Gasteiger partial charge is 0.242 e. The van der Waals surface area contributed by atoms with E-state index in [0.29, 0.717) is 18.8 Å². The molecule has 148 valence electrons. The zero-order valence-electron chi connectivity index (χ0n) is 16.6. The van der Waals surface area contributed by atoms with Crippen molar-refractivity contribution in [1.82, 2.24) is 9.80 Å². The lowest BCUT2D eigenvalue weighted by Crippen LogP contribution is -2.48. The van der Waals surface area contributed by atoms with Crippen molar-refractivity contribution in [1.29, 1.82) is 0 Å². The van der Waals surface area contributed by atoms with Crippen LogP contribution in [0.1, 0.15) is 50.2 Å². The van der Waals surface area contributed by atoms with Crippen molar-refractivity contribution in [3.8, 4) is 11.5 Å². The molecule has 6 nitrogen and oxygen atoms in total. The fraction of sp³-hybridized carbons (Fsp3) is 0.619. The maximum Gasteiger partial charge on any atom is 0.242 e. The molecule has 27 heavy (non-hydrogen) atoms. The number of hydrogen-bond acceptors (Lipinski definition) is 4. The second-order valence-electron chi connectivity index (χ2n) is 7.48. The summed E-state index contributed by atoms with van der Waals surface area (Å²) in [4.78, 5) is 28.7. The van der Waals surface area contributed by atoms with Gasteiger partial charge in [-0.2, -0.15) is 0 Å². The van der Waals surface area contributed by atoms with E-state index in [1.807, 2.05) is 17.0 Å². The molecule has 1 aromatic carbocycles. The number of fused-ring (bicyclic) bond motifs is 1. The number of rotatable bonds is 5. The summed E-state index contributed by atoms with van der Waals surface area (Å²) in [7, 11) is 3.25. The number of benzene rings is 1. The van der Waals surface area contributed by atoms with E-state index in [1.54, 1.807) is 26.0 Å².